The summed E-state index contributed by atoms with van der Waals surface area (Å²) in [6.45, 7) is 4.58. The minimum Gasteiger partial charge on any atom is -0.328 e. The van der Waals surface area contributed by atoms with Crippen molar-refractivity contribution in [3.63, 3.8) is 0 Å². The predicted octanol–water partition coefficient (Wildman–Crippen LogP) is 2.38. The molecule has 0 aromatic heterocycles. The molecule has 1 saturated carbocycles. The lowest BCUT2D eigenvalue weighted by molar-refractivity contribution is 0.125. The Kier molecular flexibility index (Phi) is 4.90. The normalized spacial score (nSPS) is 28.7. The summed E-state index contributed by atoms with van der Waals surface area (Å²) in [6, 6.07) is 2.04. The summed E-state index contributed by atoms with van der Waals surface area (Å²) in [5, 5.41) is 0. The van der Waals surface area contributed by atoms with Crippen LogP contribution >= 0.6 is 0 Å². The van der Waals surface area contributed by atoms with Crippen molar-refractivity contribution < 1.29 is 0 Å². The van der Waals surface area contributed by atoms with Crippen LogP contribution in [0.4, 0.5) is 0 Å². The third kappa shape index (κ3) is 2.96. The molecular formula is C12H26N2. The number of nitrogens with two attached hydrogens (primary N) is 1. The van der Waals surface area contributed by atoms with Crippen LogP contribution in [-0.4, -0.2) is 30.1 Å². The van der Waals surface area contributed by atoms with Crippen LogP contribution in [0.3, 0.4) is 0 Å². The molecule has 1 rings (SSSR count). The number of hydrogen-bond donors (Lipinski definition) is 1. The van der Waals surface area contributed by atoms with Gasteiger partial charge in [-0.1, -0.05) is 13.8 Å². The summed E-state index contributed by atoms with van der Waals surface area (Å²) in [7, 11) is 2.29. The zero-order valence-electron chi connectivity index (χ0n) is 10.00. The number of hydrogen-bond acceptors (Lipinski definition) is 2. The van der Waals surface area contributed by atoms with Gasteiger partial charge in [-0.3, -0.25) is 0 Å². The summed E-state index contributed by atoms with van der Waals surface area (Å²) in [5.74, 6) is 0. The van der Waals surface area contributed by atoms with Crippen molar-refractivity contribution in [2.75, 3.05) is 7.05 Å². The first kappa shape index (κ1) is 12.0. The molecule has 1 aliphatic rings. The van der Waals surface area contributed by atoms with E-state index < -0.39 is 0 Å². The molecule has 14 heavy (non-hydrogen) atoms. The van der Waals surface area contributed by atoms with Crippen molar-refractivity contribution in [1.29, 1.82) is 0 Å². The first-order valence-corrected chi connectivity index (χ1v) is 6.16. The van der Waals surface area contributed by atoms with Crippen LogP contribution in [0.15, 0.2) is 0 Å². The van der Waals surface area contributed by atoms with Gasteiger partial charge >= 0.3 is 0 Å². The second kappa shape index (κ2) is 5.72. The molecule has 0 radical (unpaired) electrons. The van der Waals surface area contributed by atoms with Gasteiger partial charge in [-0.2, -0.15) is 0 Å². The second-order valence-corrected chi connectivity index (χ2v) is 4.70. The summed E-state index contributed by atoms with van der Waals surface area (Å²) >= 11 is 0. The smallest absolute Gasteiger partial charge is 0.00962 e. The average molecular weight is 198 g/mol. The van der Waals surface area contributed by atoms with E-state index >= 15 is 0 Å². The van der Waals surface area contributed by atoms with E-state index in [0.717, 1.165) is 12.1 Å². The van der Waals surface area contributed by atoms with Gasteiger partial charge in [0.15, 0.2) is 0 Å². The van der Waals surface area contributed by atoms with Crippen LogP contribution in [0, 0.1) is 0 Å². The maximum atomic E-state index is 5.92. The first-order valence-electron chi connectivity index (χ1n) is 6.16. The lowest BCUT2D eigenvalue weighted by Gasteiger charge is -2.38. The fraction of sp³-hybridized carbons (Fsp3) is 1.00. The van der Waals surface area contributed by atoms with Crippen molar-refractivity contribution >= 4 is 0 Å². The highest BCUT2D eigenvalue weighted by molar-refractivity contribution is 4.82. The molecule has 1 aliphatic carbocycles. The highest BCUT2D eigenvalue weighted by Crippen LogP contribution is 2.24. The van der Waals surface area contributed by atoms with Crippen molar-refractivity contribution in [3.8, 4) is 0 Å². The SMILES string of the molecule is CCC(CC)N(C)C1CCC(N)CC1. The highest BCUT2D eigenvalue weighted by Gasteiger charge is 2.24. The van der Waals surface area contributed by atoms with Crippen LogP contribution in [0.2, 0.25) is 0 Å². The van der Waals surface area contributed by atoms with E-state index in [2.05, 4.69) is 25.8 Å². The van der Waals surface area contributed by atoms with Gasteiger partial charge in [0.2, 0.25) is 0 Å². The molecule has 0 aliphatic heterocycles. The van der Waals surface area contributed by atoms with Crippen molar-refractivity contribution in [1.82, 2.24) is 4.90 Å². The molecule has 0 bridgehead atoms. The minimum absolute atomic E-state index is 0.473. The number of nitrogens with zero attached hydrogens (tertiary/aromatic N) is 1. The molecule has 0 aromatic carbocycles. The standard InChI is InChI=1S/C12H26N2/c1-4-11(5-2)14(3)12-8-6-10(13)7-9-12/h10-12H,4-9,13H2,1-3H3. The van der Waals surface area contributed by atoms with Crippen molar-refractivity contribution in [3.05, 3.63) is 0 Å². The predicted molar refractivity (Wildman–Crippen MR) is 62.4 cm³/mol. The Balaban J connectivity index is 2.39. The minimum atomic E-state index is 0.473. The van der Waals surface area contributed by atoms with Gasteiger partial charge in [-0.15, -0.1) is 0 Å². The molecule has 2 heteroatoms. The van der Waals surface area contributed by atoms with Gasteiger partial charge in [0, 0.05) is 18.1 Å². The summed E-state index contributed by atoms with van der Waals surface area (Å²) in [5.41, 5.74) is 5.92. The zero-order chi connectivity index (χ0) is 10.6. The van der Waals surface area contributed by atoms with Crippen molar-refractivity contribution in [2.24, 2.45) is 5.73 Å². The molecule has 2 nitrogen and oxygen atoms in total. The molecule has 0 amide bonds. The monoisotopic (exact) mass is 198 g/mol. The average Bonchev–Trinajstić information content (AvgIpc) is 2.20. The molecule has 0 saturated heterocycles. The van der Waals surface area contributed by atoms with E-state index in [1.54, 1.807) is 0 Å². The van der Waals surface area contributed by atoms with Crippen LogP contribution in [-0.2, 0) is 0 Å². The van der Waals surface area contributed by atoms with Gasteiger partial charge in [-0.05, 0) is 45.6 Å². The van der Waals surface area contributed by atoms with Crippen LogP contribution in [0.5, 0.6) is 0 Å². The second-order valence-electron chi connectivity index (χ2n) is 4.70. The fourth-order valence-corrected chi connectivity index (χ4v) is 2.67. The Morgan fingerprint density at radius 3 is 2.07 bits per heavy atom. The first-order chi connectivity index (χ1) is 6.69. The quantitative estimate of drug-likeness (QED) is 0.751. The van der Waals surface area contributed by atoms with Gasteiger partial charge in [0.1, 0.15) is 0 Å². The summed E-state index contributed by atoms with van der Waals surface area (Å²) < 4.78 is 0. The third-order valence-corrected chi connectivity index (χ3v) is 3.84. The van der Waals surface area contributed by atoms with E-state index in [-0.39, 0.29) is 0 Å². The maximum Gasteiger partial charge on any atom is 0.00962 e. The van der Waals surface area contributed by atoms with E-state index in [1.165, 1.54) is 38.5 Å². The molecule has 0 heterocycles. The Labute approximate surface area is 88.8 Å². The lowest BCUT2D eigenvalue weighted by Crippen LogP contribution is -2.43. The van der Waals surface area contributed by atoms with E-state index in [9.17, 15) is 0 Å². The fourth-order valence-electron chi connectivity index (χ4n) is 2.67. The summed E-state index contributed by atoms with van der Waals surface area (Å²) in [6.07, 6.45) is 7.58. The van der Waals surface area contributed by atoms with Crippen LogP contribution in [0.1, 0.15) is 52.4 Å². The van der Waals surface area contributed by atoms with Gasteiger partial charge in [-0.25, -0.2) is 0 Å². The zero-order valence-corrected chi connectivity index (χ0v) is 10.00. The molecule has 1 fully saturated rings. The van der Waals surface area contributed by atoms with Crippen LogP contribution < -0.4 is 5.73 Å². The van der Waals surface area contributed by atoms with E-state index in [4.69, 9.17) is 5.73 Å². The van der Waals surface area contributed by atoms with Crippen molar-refractivity contribution in [2.45, 2.75) is 70.5 Å². The Morgan fingerprint density at radius 1 is 1.14 bits per heavy atom. The molecule has 2 N–H and O–H groups in total. The molecule has 0 atom stereocenters. The topological polar surface area (TPSA) is 29.3 Å². The maximum absolute atomic E-state index is 5.92. The Morgan fingerprint density at radius 2 is 1.64 bits per heavy atom. The highest BCUT2D eigenvalue weighted by atomic mass is 15.2. The van der Waals surface area contributed by atoms with Gasteiger partial charge in [0.05, 0.1) is 0 Å². The molecule has 0 aromatic rings. The Hall–Kier alpha value is -0.0800. The largest absolute Gasteiger partial charge is 0.328 e. The summed E-state index contributed by atoms with van der Waals surface area (Å²) in [4.78, 5) is 2.59. The Bertz CT molecular complexity index is 146. The molecular weight excluding hydrogens is 172 g/mol. The third-order valence-electron chi connectivity index (χ3n) is 3.84. The van der Waals surface area contributed by atoms with Crippen LogP contribution in [0.25, 0.3) is 0 Å². The van der Waals surface area contributed by atoms with Gasteiger partial charge < -0.3 is 10.6 Å². The molecule has 0 unspecified atom stereocenters. The van der Waals surface area contributed by atoms with E-state index in [0.29, 0.717) is 6.04 Å². The molecule has 84 valence electrons. The number of rotatable bonds is 4. The van der Waals surface area contributed by atoms with Gasteiger partial charge in [0.25, 0.3) is 0 Å². The molecule has 0 spiro atoms. The van der Waals surface area contributed by atoms with E-state index in [1.807, 2.05) is 0 Å². The lowest BCUT2D eigenvalue weighted by atomic mass is 9.90.